The van der Waals surface area contributed by atoms with Crippen LogP contribution in [0.2, 0.25) is 0 Å². The molecular formula is C23H20N4O4S. The van der Waals surface area contributed by atoms with Crippen LogP contribution >= 0.6 is 12.2 Å². The Morgan fingerprint density at radius 2 is 1.62 bits per heavy atom. The number of hydrogen-bond donors (Lipinski definition) is 2. The molecule has 9 heteroatoms. The van der Waals surface area contributed by atoms with Gasteiger partial charge in [-0.25, -0.2) is 9.59 Å². The first-order valence-corrected chi connectivity index (χ1v) is 9.82. The van der Waals surface area contributed by atoms with E-state index in [1.165, 1.54) is 19.1 Å². The molecule has 1 aliphatic heterocycles. The smallest absolute Gasteiger partial charge is 0.355 e. The van der Waals surface area contributed by atoms with Crippen LogP contribution in [-0.2, 0) is 19.1 Å². The molecule has 0 saturated carbocycles. The number of allylic oxidation sites excluding steroid dienone is 1. The molecule has 32 heavy (non-hydrogen) atoms. The van der Waals surface area contributed by atoms with Gasteiger partial charge >= 0.3 is 11.9 Å². The van der Waals surface area contributed by atoms with E-state index in [9.17, 15) is 14.9 Å². The molecule has 1 unspecified atom stereocenters. The van der Waals surface area contributed by atoms with Crippen molar-refractivity contribution in [2.24, 2.45) is 11.5 Å². The maximum absolute atomic E-state index is 12.9. The lowest BCUT2D eigenvalue weighted by atomic mass is 9.81. The highest BCUT2D eigenvalue weighted by atomic mass is 32.1. The molecule has 0 fully saturated rings. The second-order valence-electron chi connectivity index (χ2n) is 6.75. The van der Waals surface area contributed by atoms with E-state index < -0.39 is 17.9 Å². The number of esters is 2. The van der Waals surface area contributed by atoms with Crippen LogP contribution in [-0.4, -0.2) is 31.1 Å². The molecule has 2 aromatic carbocycles. The maximum Gasteiger partial charge on any atom is 0.355 e. The molecule has 0 aromatic heterocycles. The summed E-state index contributed by atoms with van der Waals surface area (Å²) in [5.74, 6) is -2.54. The average Bonchev–Trinajstić information content (AvgIpc) is 2.82. The molecule has 0 aliphatic carbocycles. The van der Waals surface area contributed by atoms with E-state index in [2.05, 4.69) is 6.07 Å². The minimum Gasteiger partial charge on any atom is -0.466 e. The van der Waals surface area contributed by atoms with Crippen LogP contribution in [0, 0.1) is 11.3 Å². The van der Waals surface area contributed by atoms with E-state index in [4.69, 9.17) is 33.2 Å². The van der Waals surface area contributed by atoms with Crippen molar-refractivity contribution in [3.8, 4) is 6.07 Å². The largest absolute Gasteiger partial charge is 0.466 e. The zero-order valence-corrected chi connectivity index (χ0v) is 18.2. The first kappa shape index (κ1) is 22.5. The Morgan fingerprint density at radius 1 is 1.03 bits per heavy atom. The Hall–Kier alpha value is -4.16. The second kappa shape index (κ2) is 9.32. The highest BCUT2D eigenvalue weighted by Crippen LogP contribution is 2.43. The van der Waals surface area contributed by atoms with Gasteiger partial charge < -0.3 is 20.9 Å². The van der Waals surface area contributed by atoms with Gasteiger partial charge in [-0.3, -0.25) is 4.90 Å². The topological polar surface area (TPSA) is 132 Å². The predicted octanol–water partition coefficient (Wildman–Crippen LogP) is 2.22. The lowest BCUT2D eigenvalue weighted by Crippen LogP contribution is -2.40. The fourth-order valence-corrected chi connectivity index (χ4v) is 3.69. The van der Waals surface area contributed by atoms with E-state index in [1.54, 1.807) is 54.6 Å². The van der Waals surface area contributed by atoms with Gasteiger partial charge in [0.15, 0.2) is 0 Å². The minimum absolute atomic E-state index is 0.0162. The van der Waals surface area contributed by atoms with E-state index in [0.29, 0.717) is 16.8 Å². The summed E-state index contributed by atoms with van der Waals surface area (Å²) < 4.78 is 9.97. The first-order valence-electron chi connectivity index (χ1n) is 9.41. The third-order valence-electron chi connectivity index (χ3n) is 5.02. The fourth-order valence-electron chi connectivity index (χ4n) is 3.56. The average molecular weight is 449 g/mol. The zero-order valence-electron chi connectivity index (χ0n) is 17.4. The number of nitrogens with zero attached hydrogens (tertiary/aromatic N) is 2. The Balaban J connectivity index is 2.36. The van der Waals surface area contributed by atoms with Crippen molar-refractivity contribution < 1.29 is 19.1 Å². The van der Waals surface area contributed by atoms with Crippen molar-refractivity contribution >= 4 is 34.8 Å². The van der Waals surface area contributed by atoms with Gasteiger partial charge in [-0.15, -0.1) is 0 Å². The van der Waals surface area contributed by atoms with Gasteiger partial charge in [0.2, 0.25) is 0 Å². The van der Waals surface area contributed by atoms with Crippen molar-refractivity contribution in [1.29, 1.82) is 5.26 Å². The number of ether oxygens (including phenoxy) is 2. The van der Waals surface area contributed by atoms with Gasteiger partial charge in [-0.2, -0.15) is 5.26 Å². The number of carbonyl (C=O) groups is 2. The van der Waals surface area contributed by atoms with Gasteiger partial charge in [0.25, 0.3) is 0 Å². The molecule has 8 nitrogen and oxygen atoms in total. The second-order valence-corrected chi connectivity index (χ2v) is 7.19. The molecule has 1 heterocycles. The molecule has 4 N–H and O–H groups in total. The molecule has 0 saturated heterocycles. The summed E-state index contributed by atoms with van der Waals surface area (Å²) in [6, 6.07) is 17.4. The third-order valence-corrected chi connectivity index (χ3v) is 5.26. The molecule has 0 spiro atoms. The van der Waals surface area contributed by atoms with Crippen LogP contribution < -0.4 is 16.4 Å². The molecule has 0 amide bonds. The van der Waals surface area contributed by atoms with Crippen molar-refractivity contribution in [2.45, 2.75) is 5.92 Å². The summed E-state index contributed by atoms with van der Waals surface area (Å²) in [5, 5.41) is 9.99. The van der Waals surface area contributed by atoms with Crippen molar-refractivity contribution in [3.63, 3.8) is 0 Å². The minimum atomic E-state index is -0.921. The number of hydrogen-bond acceptors (Lipinski definition) is 8. The van der Waals surface area contributed by atoms with Crippen LogP contribution in [0.4, 0.5) is 5.69 Å². The monoisotopic (exact) mass is 448 g/mol. The van der Waals surface area contributed by atoms with Gasteiger partial charge in [0.1, 0.15) is 16.5 Å². The lowest BCUT2D eigenvalue weighted by molar-refractivity contribution is -0.139. The number of carbonyl (C=O) groups excluding carboxylic acids is 2. The van der Waals surface area contributed by atoms with Crippen LogP contribution in [0.15, 0.2) is 77.3 Å². The number of nitriles is 1. The van der Waals surface area contributed by atoms with E-state index in [-0.39, 0.29) is 27.7 Å². The Morgan fingerprint density at radius 3 is 2.12 bits per heavy atom. The summed E-state index contributed by atoms with van der Waals surface area (Å²) in [6.07, 6.45) is 0. The van der Waals surface area contributed by atoms with Crippen LogP contribution in [0.3, 0.4) is 0 Å². The number of anilines is 1. The highest BCUT2D eigenvalue weighted by molar-refractivity contribution is 7.80. The molecule has 3 rings (SSSR count). The Kier molecular flexibility index (Phi) is 6.56. The molecule has 1 atom stereocenters. The summed E-state index contributed by atoms with van der Waals surface area (Å²) >= 11 is 4.99. The SMILES string of the molecule is COC(=O)C1=C(C(=O)OC)N(c2ccc(C(N)=S)cc2)C(N)=C(C#N)C1c1ccccc1. The normalized spacial score (nSPS) is 15.8. The van der Waals surface area contributed by atoms with Gasteiger partial charge in [0, 0.05) is 11.3 Å². The van der Waals surface area contributed by atoms with Gasteiger partial charge in [-0.05, 0) is 29.8 Å². The fraction of sp³-hybridized carbons (Fsp3) is 0.130. The Bertz CT molecular complexity index is 1180. The lowest BCUT2D eigenvalue weighted by Gasteiger charge is -2.35. The molecule has 0 radical (unpaired) electrons. The summed E-state index contributed by atoms with van der Waals surface area (Å²) in [7, 11) is 2.39. The van der Waals surface area contributed by atoms with Crippen LogP contribution in [0.25, 0.3) is 0 Å². The summed E-state index contributed by atoms with van der Waals surface area (Å²) in [6.45, 7) is 0. The third kappa shape index (κ3) is 3.91. The quantitative estimate of drug-likeness (QED) is 0.522. The number of rotatable bonds is 5. The first-order chi connectivity index (χ1) is 15.3. The molecule has 2 aromatic rings. The maximum atomic E-state index is 12.9. The molecular weight excluding hydrogens is 428 g/mol. The number of nitrogens with two attached hydrogens (primary N) is 2. The van der Waals surface area contributed by atoms with Crippen LogP contribution in [0.1, 0.15) is 17.0 Å². The summed E-state index contributed by atoms with van der Waals surface area (Å²) in [5.41, 5.74) is 13.6. The number of benzene rings is 2. The number of thiocarbonyl (C=S) groups is 1. The molecule has 0 bridgehead atoms. The van der Waals surface area contributed by atoms with Gasteiger partial charge in [-0.1, -0.05) is 42.5 Å². The van der Waals surface area contributed by atoms with Gasteiger partial charge in [0.05, 0.1) is 37.4 Å². The van der Waals surface area contributed by atoms with E-state index >= 15 is 0 Å². The predicted molar refractivity (Wildman–Crippen MR) is 122 cm³/mol. The van der Waals surface area contributed by atoms with Crippen LogP contribution in [0.5, 0.6) is 0 Å². The van der Waals surface area contributed by atoms with E-state index in [0.717, 1.165) is 0 Å². The highest BCUT2D eigenvalue weighted by Gasteiger charge is 2.42. The zero-order chi connectivity index (χ0) is 23.4. The molecule has 162 valence electrons. The van der Waals surface area contributed by atoms with E-state index in [1.807, 2.05) is 0 Å². The molecule has 1 aliphatic rings. The standard InChI is InChI=1S/C23H20N4O4S/c1-30-22(28)18-17(13-6-4-3-5-7-13)16(12-24)20(25)27(19(18)23(29)31-2)15-10-8-14(9-11-15)21(26)32/h3-11,17H,25H2,1-2H3,(H2,26,32). The summed E-state index contributed by atoms with van der Waals surface area (Å²) in [4.78, 5) is 27.4. The van der Waals surface area contributed by atoms with Crippen molar-refractivity contribution in [3.05, 3.63) is 88.4 Å². The number of methoxy groups -OCH3 is 2. The van der Waals surface area contributed by atoms with Crippen molar-refractivity contribution in [2.75, 3.05) is 19.1 Å². The Labute approximate surface area is 190 Å². The van der Waals surface area contributed by atoms with Crippen molar-refractivity contribution in [1.82, 2.24) is 0 Å².